The summed E-state index contributed by atoms with van der Waals surface area (Å²) >= 11 is 0. The van der Waals surface area contributed by atoms with Gasteiger partial charge < -0.3 is 20.1 Å². The van der Waals surface area contributed by atoms with Crippen molar-refractivity contribution in [3.05, 3.63) is 65.2 Å². The molecule has 2 N–H and O–H groups in total. The van der Waals surface area contributed by atoms with Gasteiger partial charge in [0.05, 0.1) is 26.3 Å². The van der Waals surface area contributed by atoms with Crippen LogP contribution < -0.4 is 15.4 Å². The lowest BCUT2D eigenvalue weighted by Gasteiger charge is -2.29. The fourth-order valence-electron chi connectivity index (χ4n) is 4.03. The molecule has 0 bridgehead atoms. The van der Waals surface area contributed by atoms with E-state index >= 15 is 0 Å². The molecule has 3 rings (SSSR count). The summed E-state index contributed by atoms with van der Waals surface area (Å²) in [5.41, 5.74) is 3.65. The van der Waals surface area contributed by atoms with Crippen LogP contribution in [-0.2, 0) is 17.9 Å². The molecule has 2 aromatic carbocycles. The normalized spacial score (nSPS) is 15.2. The maximum Gasteiger partial charge on any atom is 0.191 e. The van der Waals surface area contributed by atoms with E-state index in [0.717, 1.165) is 37.9 Å². The average molecular weight is 553 g/mol. The molecule has 1 atom stereocenters. The first kappa shape index (κ1) is 26.4. The summed E-state index contributed by atoms with van der Waals surface area (Å²) in [6.07, 6.45) is 2.53. The number of nitrogens with zero attached hydrogens (tertiary/aromatic N) is 2. The van der Waals surface area contributed by atoms with Crippen LogP contribution in [0.25, 0.3) is 0 Å². The summed E-state index contributed by atoms with van der Waals surface area (Å²) in [4.78, 5) is 7.38. The van der Waals surface area contributed by atoms with E-state index in [-0.39, 0.29) is 24.0 Å². The van der Waals surface area contributed by atoms with Crippen molar-refractivity contribution in [2.75, 3.05) is 40.4 Å². The molecule has 2 aromatic rings. The minimum atomic E-state index is 0. The lowest BCUT2D eigenvalue weighted by Crippen LogP contribution is -2.42. The van der Waals surface area contributed by atoms with Gasteiger partial charge in [-0.3, -0.25) is 4.90 Å². The van der Waals surface area contributed by atoms with Gasteiger partial charge in [-0.1, -0.05) is 36.4 Å². The van der Waals surface area contributed by atoms with Crippen molar-refractivity contribution in [2.24, 2.45) is 4.99 Å². The van der Waals surface area contributed by atoms with Gasteiger partial charge >= 0.3 is 0 Å². The molecule has 1 aliphatic rings. The van der Waals surface area contributed by atoms with Gasteiger partial charge in [-0.05, 0) is 61.7 Å². The highest BCUT2D eigenvalue weighted by atomic mass is 127. The number of halogens is 1. The fraction of sp³-hybridized carbons (Fsp3) is 0.480. The maximum atomic E-state index is 5.34. The van der Waals surface area contributed by atoms with E-state index in [9.17, 15) is 0 Å². The minimum absolute atomic E-state index is 0. The summed E-state index contributed by atoms with van der Waals surface area (Å²) in [6.45, 7) is 7.25. The van der Waals surface area contributed by atoms with Gasteiger partial charge in [-0.15, -0.1) is 24.0 Å². The first-order valence-electron chi connectivity index (χ1n) is 11.2. The molecule has 6 nitrogen and oxygen atoms in total. The molecule has 0 amide bonds. The lowest BCUT2D eigenvalue weighted by molar-refractivity contribution is 0.185. The van der Waals surface area contributed by atoms with Crippen molar-refractivity contribution < 1.29 is 9.47 Å². The molecule has 176 valence electrons. The number of ether oxygens (including phenoxy) is 2. The van der Waals surface area contributed by atoms with Crippen LogP contribution in [0.5, 0.6) is 5.75 Å². The van der Waals surface area contributed by atoms with Gasteiger partial charge in [0.25, 0.3) is 0 Å². The number of likely N-dealkylation sites (tertiary alicyclic amines) is 1. The van der Waals surface area contributed by atoms with Crippen LogP contribution in [0, 0.1) is 0 Å². The number of aliphatic imine (C=N–C) groups is 1. The molecule has 7 heteroatoms. The highest BCUT2D eigenvalue weighted by molar-refractivity contribution is 14.0. The second kappa shape index (κ2) is 14.3. The molecule has 1 saturated heterocycles. The second-order valence-corrected chi connectivity index (χ2v) is 7.86. The number of benzene rings is 2. The molecule has 0 spiro atoms. The van der Waals surface area contributed by atoms with Crippen molar-refractivity contribution in [1.82, 2.24) is 15.5 Å². The minimum Gasteiger partial charge on any atom is -0.497 e. The van der Waals surface area contributed by atoms with Crippen LogP contribution >= 0.6 is 24.0 Å². The van der Waals surface area contributed by atoms with E-state index in [1.54, 1.807) is 14.2 Å². The third kappa shape index (κ3) is 7.94. The van der Waals surface area contributed by atoms with Crippen LogP contribution in [0.2, 0.25) is 0 Å². The summed E-state index contributed by atoms with van der Waals surface area (Å²) in [6, 6.07) is 17.2. The van der Waals surface area contributed by atoms with Crippen LogP contribution in [0.3, 0.4) is 0 Å². The van der Waals surface area contributed by atoms with E-state index < -0.39 is 0 Å². The number of nitrogens with one attached hydrogen (secondary N) is 2. The van der Waals surface area contributed by atoms with Crippen molar-refractivity contribution in [2.45, 2.75) is 39.0 Å². The van der Waals surface area contributed by atoms with Crippen LogP contribution in [-0.4, -0.2) is 51.3 Å². The zero-order valence-corrected chi connectivity index (χ0v) is 21.8. The predicted molar refractivity (Wildman–Crippen MR) is 142 cm³/mol. The van der Waals surface area contributed by atoms with Crippen molar-refractivity contribution in [1.29, 1.82) is 0 Å². The molecule has 1 fully saturated rings. The quantitative estimate of drug-likeness (QED) is 0.261. The summed E-state index contributed by atoms with van der Waals surface area (Å²) < 4.78 is 10.6. The lowest BCUT2D eigenvalue weighted by atomic mass is 10.1. The summed E-state index contributed by atoms with van der Waals surface area (Å²) in [5, 5.41) is 6.96. The van der Waals surface area contributed by atoms with Gasteiger partial charge in [0.1, 0.15) is 5.75 Å². The topological polar surface area (TPSA) is 58.1 Å². The average Bonchev–Trinajstić information content (AvgIpc) is 3.33. The van der Waals surface area contributed by atoms with Gasteiger partial charge in [-0.25, -0.2) is 4.99 Å². The molecule has 1 aliphatic heterocycles. The molecule has 0 radical (unpaired) electrons. The Kier molecular flexibility index (Phi) is 11.8. The number of hydrogen-bond acceptors (Lipinski definition) is 4. The number of rotatable bonds is 10. The largest absolute Gasteiger partial charge is 0.497 e. The molecule has 0 aliphatic carbocycles. The van der Waals surface area contributed by atoms with Crippen LogP contribution in [0.4, 0.5) is 0 Å². The van der Waals surface area contributed by atoms with E-state index in [1.165, 1.54) is 29.5 Å². The molecule has 32 heavy (non-hydrogen) atoms. The number of hydrogen-bond donors (Lipinski definition) is 2. The Morgan fingerprint density at radius 3 is 2.41 bits per heavy atom. The second-order valence-electron chi connectivity index (χ2n) is 7.86. The molecule has 1 heterocycles. The summed E-state index contributed by atoms with van der Waals surface area (Å²) in [7, 11) is 3.43. The Hall–Kier alpha value is -1.84. The first-order chi connectivity index (χ1) is 15.2. The molecule has 0 aromatic heterocycles. The zero-order valence-electron chi connectivity index (χ0n) is 19.5. The van der Waals surface area contributed by atoms with Gasteiger partial charge in [0, 0.05) is 20.2 Å². The first-order valence-corrected chi connectivity index (χ1v) is 11.2. The SMILES string of the molecule is CCNC(=NCc1cccc(COC)c1)NCC(c1ccc(OC)cc1)N1CCCC1.I. The fourth-order valence-corrected chi connectivity index (χ4v) is 4.03. The molecule has 1 unspecified atom stereocenters. The highest BCUT2D eigenvalue weighted by Crippen LogP contribution is 2.26. The maximum absolute atomic E-state index is 5.34. The third-order valence-corrected chi connectivity index (χ3v) is 5.61. The van der Waals surface area contributed by atoms with Crippen molar-refractivity contribution in [3.8, 4) is 5.75 Å². The van der Waals surface area contributed by atoms with Crippen LogP contribution in [0.15, 0.2) is 53.5 Å². The standard InChI is InChI=1S/C25H36N4O2.HI/c1-4-26-25(27-17-20-8-7-9-21(16-20)19-30-2)28-18-24(29-14-5-6-15-29)22-10-12-23(31-3)13-11-22;/h7-13,16,24H,4-6,14-15,17-19H2,1-3H3,(H2,26,27,28);1H. The Balaban J connectivity index is 0.00000363. The molecule has 0 saturated carbocycles. The Morgan fingerprint density at radius 1 is 1.03 bits per heavy atom. The molecular weight excluding hydrogens is 515 g/mol. The highest BCUT2D eigenvalue weighted by Gasteiger charge is 2.23. The van der Waals surface area contributed by atoms with Gasteiger partial charge in [-0.2, -0.15) is 0 Å². The van der Waals surface area contributed by atoms with Crippen LogP contribution in [0.1, 0.15) is 42.5 Å². The Morgan fingerprint density at radius 2 is 1.75 bits per heavy atom. The predicted octanol–water partition coefficient (Wildman–Crippen LogP) is 4.35. The van der Waals surface area contributed by atoms with E-state index in [0.29, 0.717) is 19.2 Å². The van der Waals surface area contributed by atoms with E-state index in [1.807, 2.05) is 12.1 Å². The third-order valence-electron chi connectivity index (χ3n) is 5.61. The molecular formula is C25H37IN4O2. The van der Waals surface area contributed by atoms with E-state index in [2.05, 4.69) is 58.9 Å². The zero-order chi connectivity index (χ0) is 21.9. The van der Waals surface area contributed by atoms with E-state index in [4.69, 9.17) is 14.5 Å². The van der Waals surface area contributed by atoms with Gasteiger partial charge in [0.2, 0.25) is 0 Å². The number of methoxy groups -OCH3 is 2. The van der Waals surface area contributed by atoms with Gasteiger partial charge in [0.15, 0.2) is 5.96 Å². The number of guanidine groups is 1. The Labute approximate surface area is 209 Å². The van der Waals surface area contributed by atoms with Crippen molar-refractivity contribution >= 4 is 29.9 Å². The summed E-state index contributed by atoms with van der Waals surface area (Å²) in [5.74, 6) is 1.74. The Bertz CT molecular complexity index is 823. The smallest absolute Gasteiger partial charge is 0.191 e. The monoisotopic (exact) mass is 552 g/mol. The van der Waals surface area contributed by atoms with Crippen molar-refractivity contribution in [3.63, 3.8) is 0 Å².